The number of hydrogen-bond acceptors (Lipinski definition) is 2. The number of aryl methyl sites for hydroxylation is 1. The summed E-state index contributed by atoms with van der Waals surface area (Å²) in [6, 6.07) is 13.8. The maximum absolute atomic E-state index is 12.9. The molecule has 0 bridgehead atoms. The molecule has 2 aromatic carbocycles. The molecule has 5 heteroatoms. The van der Waals surface area contributed by atoms with Crippen molar-refractivity contribution in [1.29, 1.82) is 0 Å². The highest BCUT2D eigenvalue weighted by Crippen LogP contribution is 2.15. The number of para-hydroxylation sites is 1. The summed E-state index contributed by atoms with van der Waals surface area (Å²) in [7, 11) is 0. The van der Waals surface area contributed by atoms with E-state index >= 15 is 0 Å². The number of hydrogen-bond donors (Lipinski definition) is 1. The maximum atomic E-state index is 12.9. The predicted octanol–water partition coefficient (Wildman–Crippen LogP) is 3.42. The Labute approximate surface area is 147 Å². The van der Waals surface area contributed by atoms with Gasteiger partial charge in [-0.05, 0) is 42.2 Å². The first-order valence-electron chi connectivity index (χ1n) is 8.37. The van der Waals surface area contributed by atoms with Crippen LogP contribution in [0.2, 0.25) is 0 Å². The van der Waals surface area contributed by atoms with Gasteiger partial charge in [-0.25, -0.2) is 4.39 Å². The second kappa shape index (κ2) is 8.97. The predicted molar refractivity (Wildman–Crippen MR) is 96.8 cm³/mol. The lowest BCUT2D eigenvalue weighted by atomic mass is 10.1. The Morgan fingerprint density at radius 1 is 1.08 bits per heavy atom. The third-order valence-electron chi connectivity index (χ3n) is 4.04. The van der Waals surface area contributed by atoms with Crippen LogP contribution in [0.15, 0.2) is 48.5 Å². The van der Waals surface area contributed by atoms with E-state index in [4.69, 9.17) is 0 Å². The van der Waals surface area contributed by atoms with Gasteiger partial charge >= 0.3 is 0 Å². The van der Waals surface area contributed by atoms with E-state index in [1.54, 1.807) is 12.1 Å². The zero-order chi connectivity index (χ0) is 18.2. The average Bonchev–Trinajstić information content (AvgIpc) is 2.60. The molecule has 0 radical (unpaired) electrons. The van der Waals surface area contributed by atoms with E-state index < -0.39 is 0 Å². The van der Waals surface area contributed by atoms with Crippen LogP contribution in [0.1, 0.15) is 25.0 Å². The van der Waals surface area contributed by atoms with Gasteiger partial charge in [0.05, 0.1) is 6.54 Å². The van der Waals surface area contributed by atoms with Crippen LogP contribution >= 0.6 is 0 Å². The van der Waals surface area contributed by atoms with Crippen LogP contribution in [0, 0.1) is 5.82 Å². The maximum Gasteiger partial charge on any atom is 0.244 e. The number of carbonyl (C=O) groups is 2. The first kappa shape index (κ1) is 18.6. The number of benzene rings is 2. The Balaban J connectivity index is 1.95. The molecule has 4 nitrogen and oxygen atoms in total. The van der Waals surface area contributed by atoms with Crippen molar-refractivity contribution in [3.05, 3.63) is 65.5 Å². The molecule has 2 rings (SSSR count). The molecule has 2 amide bonds. The van der Waals surface area contributed by atoms with Crippen LogP contribution in [0.4, 0.5) is 10.1 Å². The first-order valence-corrected chi connectivity index (χ1v) is 8.37. The fourth-order valence-corrected chi connectivity index (χ4v) is 2.58. The number of carbonyl (C=O) groups excluding carboxylic acids is 2. The summed E-state index contributed by atoms with van der Waals surface area (Å²) in [5.41, 5.74) is 2.75. The Kier molecular flexibility index (Phi) is 6.69. The Morgan fingerprint density at radius 2 is 1.76 bits per heavy atom. The molecule has 0 spiro atoms. The Hall–Kier alpha value is -2.69. The largest absolute Gasteiger partial charge is 0.333 e. The minimum atomic E-state index is -0.291. The van der Waals surface area contributed by atoms with Crippen LogP contribution in [0.3, 0.4) is 0 Å². The Bertz CT molecular complexity index is 729. The molecule has 0 unspecified atom stereocenters. The van der Waals surface area contributed by atoms with Crippen molar-refractivity contribution in [3.8, 4) is 0 Å². The van der Waals surface area contributed by atoms with E-state index in [0.29, 0.717) is 13.0 Å². The molecule has 132 valence electrons. The van der Waals surface area contributed by atoms with Gasteiger partial charge < -0.3 is 10.2 Å². The van der Waals surface area contributed by atoms with Crippen LogP contribution in [0.25, 0.3) is 0 Å². The van der Waals surface area contributed by atoms with Crippen LogP contribution in [-0.4, -0.2) is 29.8 Å². The van der Waals surface area contributed by atoms with E-state index in [1.807, 2.05) is 31.2 Å². The Morgan fingerprint density at radius 3 is 2.40 bits per heavy atom. The quantitative estimate of drug-likeness (QED) is 0.838. The van der Waals surface area contributed by atoms with E-state index in [0.717, 1.165) is 23.2 Å². The van der Waals surface area contributed by atoms with Crippen molar-refractivity contribution in [1.82, 2.24) is 4.90 Å². The van der Waals surface area contributed by atoms with E-state index in [2.05, 4.69) is 5.32 Å². The van der Waals surface area contributed by atoms with Crippen molar-refractivity contribution in [2.45, 2.75) is 26.7 Å². The zero-order valence-electron chi connectivity index (χ0n) is 14.6. The van der Waals surface area contributed by atoms with Gasteiger partial charge in [-0.3, -0.25) is 9.59 Å². The smallest absolute Gasteiger partial charge is 0.244 e. The lowest BCUT2D eigenvalue weighted by molar-refractivity contribution is -0.132. The highest BCUT2D eigenvalue weighted by molar-refractivity contribution is 5.94. The van der Waals surface area contributed by atoms with E-state index in [1.165, 1.54) is 24.0 Å². The first-order chi connectivity index (χ1) is 12.0. The van der Waals surface area contributed by atoms with Gasteiger partial charge in [0.25, 0.3) is 0 Å². The number of rotatable bonds is 7. The number of amides is 2. The molecule has 0 aromatic heterocycles. The average molecular weight is 342 g/mol. The summed E-state index contributed by atoms with van der Waals surface area (Å²) in [5, 5.41) is 2.87. The summed E-state index contributed by atoms with van der Waals surface area (Å²) in [6.07, 6.45) is 1.39. The summed E-state index contributed by atoms with van der Waals surface area (Å²) >= 11 is 0. The minimum Gasteiger partial charge on any atom is -0.333 e. The minimum absolute atomic E-state index is 0.00538. The van der Waals surface area contributed by atoms with Gasteiger partial charge in [0.15, 0.2) is 0 Å². The van der Waals surface area contributed by atoms with Gasteiger partial charge in [0, 0.05) is 19.2 Å². The SMILES string of the molecule is CCc1ccccc1NC(=O)CN(CCc1ccc(F)cc1)C(C)=O. The molecule has 0 aliphatic rings. The number of anilines is 1. The molecule has 0 atom stereocenters. The normalized spacial score (nSPS) is 10.4. The molecule has 25 heavy (non-hydrogen) atoms. The van der Waals surface area contributed by atoms with Gasteiger partial charge in [0.2, 0.25) is 11.8 Å². The summed E-state index contributed by atoms with van der Waals surface area (Å²) in [6.45, 7) is 3.87. The molecule has 0 heterocycles. The van der Waals surface area contributed by atoms with Crippen molar-refractivity contribution < 1.29 is 14.0 Å². The summed E-state index contributed by atoms with van der Waals surface area (Å²) in [5.74, 6) is -0.683. The highest BCUT2D eigenvalue weighted by atomic mass is 19.1. The van der Waals surface area contributed by atoms with Crippen molar-refractivity contribution in [2.75, 3.05) is 18.4 Å². The second-order valence-electron chi connectivity index (χ2n) is 5.88. The van der Waals surface area contributed by atoms with Gasteiger partial charge in [-0.2, -0.15) is 0 Å². The third-order valence-corrected chi connectivity index (χ3v) is 4.04. The fraction of sp³-hybridized carbons (Fsp3) is 0.300. The molecular formula is C20H23FN2O2. The monoisotopic (exact) mass is 342 g/mol. The molecule has 0 saturated heterocycles. The van der Waals surface area contributed by atoms with Crippen LogP contribution in [0.5, 0.6) is 0 Å². The highest BCUT2D eigenvalue weighted by Gasteiger charge is 2.14. The second-order valence-corrected chi connectivity index (χ2v) is 5.88. The molecule has 0 aliphatic carbocycles. The topological polar surface area (TPSA) is 49.4 Å². The van der Waals surface area contributed by atoms with Crippen LogP contribution < -0.4 is 5.32 Å². The summed E-state index contributed by atoms with van der Waals surface area (Å²) in [4.78, 5) is 25.6. The number of halogens is 1. The van der Waals surface area contributed by atoms with Gasteiger partial charge in [-0.15, -0.1) is 0 Å². The molecule has 0 saturated carbocycles. The van der Waals surface area contributed by atoms with Gasteiger partial charge in [0.1, 0.15) is 5.82 Å². The molecule has 1 N–H and O–H groups in total. The summed E-state index contributed by atoms with van der Waals surface area (Å²) < 4.78 is 12.9. The fourth-order valence-electron chi connectivity index (χ4n) is 2.58. The lowest BCUT2D eigenvalue weighted by Gasteiger charge is -2.21. The lowest BCUT2D eigenvalue weighted by Crippen LogP contribution is -2.38. The third kappa shape index (κ3) is 5.71. The van der Waals surface area contributed by atoms with Crippen molar-refractivity contribution in [3.63, 3.8) is 0 Å². The van der Waals surface area contributed by atoms with E-state index in [9.17, 15) is 14.0 Å². The number of nitrogens with one attached hydrogen (secondary N) is 1. The van der Waals surface area contributed by atoms with Crippen LogP contribution in [-0.2, 0) is 22.4 Å². The molecule has 0 aliphatic heterocycles. The van der Waals surface area contributed by atoms with Crippen molar-refractivity contribution >= 4 is 17.5 Å². The molecular weight excluding hydrogens is 319 g/mol. The van der Waals surface area contributed by atoms with Crippen molar-refractivity contribution in [2.24, 2.45) is 0 Å². The number of nitrogens with zero attached hydrogens (tertiary/aromatic N) is 1. The zero-order valence-corrected chi connectivity index (χ0v) is 14.6. The molecule has 2 aromatic rings. The standard InChI is InChI=1S/C20H23FN2O2/c1-3-17-6-4-5-7-19(17)22-20(25)14-23(15(2)24)13-12-16-8-10-18(21)11-9-16/h4-11H,3,12-14H2,1-2H3,(H,22,25). The molecule has 0 fully saturated rings. The van der Waals surface area contributed by atoms with Gasteiger partial charge in [-0.1, -0.05) is 37.3 Å². The van der Waals surface area contributed by atoms with E-state index in [-0.39, 0.29) is 24.2 Å².